The van der Waals surface area contributed by atoms with Crippen LogP contribution >= 0.6 is 12.4 Å². The zero-order chi connectivity index (χ0) is 11.1. The highest BCUT2D eigenvalue weighted by Gasteiger charge is 2.44. The van der Waals surface area contributed by atoms with Crippen LogP contribution in [-0.4, -0.2) is 42.6 Å². The van der Waals surface area contributed by atoms with Crippen molar-refractivity contribution in [1.29, 1.82) is 0 Å². The molecule has 0 bridgehead atoms. The van der Waals surface area contributed by atoms with Gasteiger partial charge in [0.2, 0.25) is 5.91 Å². The third-order valence-electron chi connectivity index (χ3n) is 3.46. The number of hydrogen-bond donors (Lipinski definition) is 1. The predicted molar refractivity (Wildman–Crippen MR) is 64.6 cm³/mol. The smallest absolute Gasteiger partial charge is 0.242 e. The van der Waals surface area contributed by atoms with Crippen molar-refractivity contribution in [3.8, 4) is 0 Å². The van der Waals surface area contributed by atoms with Crippen LogP contribution in [-0.2, 0) is 9.53 Å². The van der Waals surface area contributed by atoms with Crippen LogP contribution in [0.25, 0.3) is 0 Å². The molecule has 0 radical (unpaired) electrons. The Morgan fingerprint density at radius 3 is 2.62 bits per heavy atom. The van der Waals surface area contributed by atoms with E-state index in [1.807, 2.05) is 4.90 Å². The quantitative estimate of drug-likeness (QED) is 0.746. The summed E-state index contributed by atoms with van der Waals surface area (Å²) < 4.78 is 5.43. The molecule has 2 heterocycles. The van der Waals surface area contributed by atoms with Gasteiger partial charge in [0.05, 0.1) is 12.1 Å². The Labute approximate surface area is 103 Å². The molecule has 1 amide bonds. The maximum Gasteiger partial charge on any atom is 0.242 e. The lowest BCUT2D eigenvalue weighted by atomic mass is 9.87. The number of hydrogen-bond acceptors (Lipinski definition) is 3. The second kappa shape index (κ2) is 4.51. The van der Waals surface area contributed by atoms with E-state index >= 15 is 0 Å². The van der Waals surface area contributed by atoms with Crippen molar-refractivity contribution >= 4 is 18.3 Å². The molecule has 0 aromatic heterocycles. The molecule has 1 spiro atoms. The van der Waals surface area contributed by atoms with Gasteiger partial charge in [0, 0.05) is 25.1 Å². The van der Waals surface area contributed by atoms with Crippen molar-refractivity contribution in [2.75, 3.05) is 26.3 Å². The fraction of sp³-hybridized carbons (Fsp3) is 0.909. The number of nitrogens with two attached hydrogens (primary N) is 1. The number of likely N-dealkylation sites (tertiary alicyclic amines) is 1. The molecule has 4 nitrogen and oxygen atoms in total. The molecule has 1 unspecified atom stereocenters. The Hall–Kier alpha value is -0.320. The first-order valence-corrected chi connectivity index (χ1v) is 5.59. The lowest BCUT2D eigenvalue weighted by Gasteiger charge is -2.27. The number of amides is 1. The van der Waals surface area contributed by atoms with E-state index in [-0.39, 0.29) is 23.7 Å². The van der Waals surface area contributed by atoms with E-state index in [1.165, 1.54) is 0 Å². The summed E-state index contributed by atoms with van der Waals surface area (Å²) in [6.07, 6.45) is 2.15. The maximum absolute atomic E-state index is 12.0. The number of carbonyl (C=O) groups is 1. The third kappa shape index (κ3) is 2.50. The number of nitrogens with zero attached hydrogens (tertiary/aromatic N) is 1. The van der Waals surface area contributed by atoms with Crippen molar-refractivity contribution in [3.63, 3.8) is 0 Å². The molecule has 0 saturated carbocycles. The van der Waals surface area contributed by atoms with Crippen LogP contribution < -0.4 is 5.73 Å². The van der Waals surface area contributed by atoms with E-state index < -0.39 is 5.54 Å². The minimum absolute atomic E-state index is 0. The molecule has 5 heteroatoms. The molecule has 94 valence electrons. The minimum Gasteiger partial charge on any atom is -0.381 e. The summed E-state index contributed by atoms with van der Waals surface area (Å²) in [5.41, 5.74) is 5.32. The van der Waals surface area contributed by atoms with Crippen molar-refractivity contribution in [2.24, 2.45) is 11.1 Å². The molecule has 1 atom stereocenters. The zero-order valence-electron chi connectivity index (χ0n) is 9.99. The van der Waals surface area contributed by atoms with Gasteiger partial charge >= 0.3 is 0 Å². The molecular weight excluding hydrogens is 228 g/mol. The van der Waals surface area contributed by atoms with E-state index in [0.717, 1.165) is 39.1 Å². The molecule has 2 aliphatic rings. The highest BCUT2D eigenvalue weighted by atomic mass is 35.5. The van der Waals surface area contributed by atoms with Crippen molar-refractivity contribution in [3.05, 3.63) is 0 Å². The zero-order valence-corrected chi connectivity index (χ0v) is 10.8. The van der Waals surface area contributed by atoms with Gasteiger partial charge in [-0.2, -0.15) is 0 Å². The molecule has 16 heavy (non-hydrogen) atoms. The molecule has 0 aliphatic carbocycles. The summed E-state index contributed by atoms with van der Waals surface area (Å²) in [6.45, 7) is 6.85. The third-order valence-corrected chi connectivity index (χ3v) is 3.46. The van der Waals surface area contributed by atoms with Crippen molar-refractivity contribution in [1.82, 2.24) is 4.90 Å². The van der Waals surface area contributed by atoms with Crippen LogP contribution in [0.15, 0.2) is 0 Å². The summed E-state index contributed by atoms with van der Waals surface area (Å²) in [5.74, 6) is 0.0614. The van der Waals surface area contributed by atoms with Gasteiger partial charge < -0.3 is 15.4 Å². The first kappa shape index (κ1) is 13.7. The highest BCUT2D eigenvalue weighted by Crippen LogP contribution is 2.38. The molecule has 2 N–H and O–H groups in total. The van der Waals surface area contributed by atoms with Crippen LogP contribution in [0.4, 0.5) is 0 Å². The standard InChI is InChI=1S/C11H20N2O2.ClH/c1-10(2,12)9(14)13-5-3-11(7-13)4-6-15-8-11;/h3-8,12H2,1-2H3;1H. The fourth-order valence-electron chi connectivity index (χ4n) is 2.49. The van der Waals surface area contributed by atoms with Gasteiger partial charge in [0.1, 0.15) is 0 Å². The Morgan fingerprint density at radius 1 is 1.44 bits per heavy atom. The molecule has 2 saturated heterocycles. The average Bonchev–Trinajstić information content (AvgIpc) is 2.75. The average molecular weight is 249 g/mol. The second-order valence-electron chi connectivity index (χ2n) is 5.50. The molecule has 2 fully saturated rings. The Balaban J connectivity index is 0.00000128. The highest BCUT2D eigenvalue weighted by molar-refractivity contribution is 5.85. The van der Waals surface area contributed by atoms with Gasteiger partial charge in [-0.05, 0) is 26.7 Å². The summed E-state index contributed by atoms with van der Waals surface area (Å²) in [5, 5.41) is 0. The Morgan fingerprint density at radius 2 is 2.12 bits per heavy atom. The monoisotopic (exact) mass is 248 g/mol. The SMILES string of the molecule is CC(C)(N)C(=O)N1CCC2(CCOC2)C1.Cl. The first-order valence-electron chi connectivity index (χ1n) is 5.59. The van der Waals surface area contributed by atoms with Gasteiger partial charge in [0.15, 0.2) is 0 Å². The molecule has 0 aromatic carbocycles. The number of ether oxygens (including phenoxy) is 1. The topological polar surface area (TPSA) is 55.6 Å². The van der Waals surface area contributed by atoms with Crippen molar-refractivity contribution in [2.45, 2.75) is 32.2 Å². The summed E-state index contributed by atoms with van der Waals surface area (Å²) in [7, 11) is 0. The fourth-order valence-corrected chi connectivity index (χ4v) is 2.49. The van der Waals surface area contributed by atoms with Gasteiger partial charge in [-0.25, -0.2) is 0 Å². The summed E-state index contributed by atoms with van der Waals surface area (Å²) >= 11 is 0. The number of rotatable bonds is 1. The van der Waals surface area contributed by atoms with Crippen LogP contribution in [0.3, 0.4) is 0 Å². The van der Waals surface area contributed by atoms with Gasteiger partial charge in [0.25, 0.3) is 0 Å². The van der Waals surface area contributed by atoms with Crippen LogP contribution in [0, 0.1) is 5.41 Å². The van der Waals surface area contributed by atoms with E-state index in [0.29, 0.717) is 0 Å². The number of halogens is 1. The van der Waals surface area contributed by atoms with E-state index in [2.05, 4.69) is 0 Å². The normalized spacial score (nSPS) is 29.6. The molecular formula is C11H21ClN2O2. The van der Waals surface area contributed by atoms with Crippen LogP contribution in [0.5, 0.6) is 0 Å². The minimum atomic E-state index is -0.745. The van der Waals surface area contributed by atoms with E-state index in [1.54, 1.807) is 13.8 Å². The molecule has 2 rings (SSSR count). The van der Waals surface area contributed by atoms with Crippen molar-refractivity contribution < 1.29 is 9.53 Å². The van der Waals surface area contributed by atoms with Crippen LogP contribution in [0.1, 0.15) is 26.7 Å². The summed E-state index contributed by atoms with van der Waals surface area (Å²) in [6, 6.07) is 0. The lowest BCUT2D eigenvalue weighted by molar-refractivity contribution is -0.135. The van der Waals surface area contributed by atoms with E-state index in [9.17, 15) is 4.79 Å². The van der Waals surface area contributed by atoms with E-state index in [4.69, 9.17) is 10.5 Å². The molecule has 0 aromatic rings. The van der Waals surface area contributed by atoms with Crippen LogP contribution in [0.2, 0.25) is 0 Å². The molecule has 2 aliphatic heterocycles. The van der Waals surface area contributed by atoms with Gasteiger partial charge in [-0.1, -0.05) is 0 Å². The van der Waals surface area contributed by atoms with Gasteiger partial charge in [-0.15, -0.1) is 12.4 Å². The maximum atomic E-state index is 12.0. The Kier molecular flexibility index (Phi) is 3.87. The first-order chi connectivity index (χ1) is 6.93. The summed E-state index contributed by atoms with van der Waals surface area (Å²) in [4.78, 5) is 13.9. The van der Waals surface area contributed by atoms with Gasteiger partial charge in [-0.3, -0.25) is 4.79 Å². The second-order valence-corrected chi connectivity index (χ2v) is 5.50. The largest absolute Gasteiger partial charge is 0.381 e. The lowest BCUT2D eigenvalue weighted by Crippen LogP contribution is -2.50. The Bertz CT molecular complexity index is 270. The number of carbonyl (C=O) groups excluding carboxylic acids is 1. The predicted octanol–water partition coefficient (Wildman–Crippen LogP) is 0.784.